The quantitative estimate of drug-likeness (QED) is 0.752. The number of carbonyl (C=O) groups is 1. The Labute approximate surface area is 141 Å². The molecule has 1 amide bonds. The molecule has 2 aromatic heterocycles. The third-order valence-electron chi connectivity index (χ3n) is 3.97. The number of amides is 1. The summed E-state index contributed by atoms with van der Waals surface area (Å²) in [6.45, 7) is 0. The summed E-state index contributed by atoms with van der Waals surface area (Å²) in [5.74, 6) is 0.683. The molecule has 114 valence electrons. The molecule has 3 aromatic rings. The van der Waals surface area contributed by atoms with Crippen LogP contribution in [0.4, 0.5) is 5.82 Å². The first-order valence-corrected chi connectivity index (χ1v) is 8.04. The highest BCUT2D eigenvalue weighted by molar-refractivity contribution is 9.10. The predicted molar refractivity (Wildman–Crippen MR) is 90.6 cm³/mol. The van der Waals surface area contributed by atoms with Gasteiger partial charge >= 0.3 is 0 Å². The van der Waals surface area contributed by atoms with E-state index in [0.717, 1.165) is 27.2 Å². The van der Waals surface area contributed by atoms with Crippen LogP contribution in [0.15, 0.2) is 59.6 Å². The molecule has 6 heteroatoms. The monoisotopic (exact) mass is 368 g/mol. The predicted octanol–water partition coefficient (Wildman–Crippen LogP) is 3.50. The van der Waals surface area contributed by atoms with Gasteiger partial charge in [0.15, 0.2) is 0 Å². The van der Waals surface area contributed by atoms with Crippen LogP contribution in [-0.4, -0.2) is 20.4 Å². The van der Waals surface area contributed by atoms with Crippen molar-refractivity contribution < 1.29 is 4.79 Å². The molecule has 0 spiro atoms. The van der Waals surface area contributed by atoms with Crippen LogP contribution < -0.4 is 5.32 Å². The van der Waals surface area contributed by atoms with E-state index in [1.165, 1.54) is 0 Å². The highest BCUT2D eigenvalue weighted by Gasteiger charge is 2.30. The molecule has 3 heterocycles. The van der Waals surface area contributed by atoms with Crippen LogP contribution in [0.3, 0.4) is 0 Å². The Balaban J connectivity index is 1.81. The van der Waals surface area contributed by atoms with Crippen LogP contribution in [0.5, 0.6) is 0 Å². The number of fused-ring (bicyclic) bond motifs is 1. The summed E-state index contributed by atoms with van der Waals surface area (Å²) in [5.41, 5.74) is 2.84. The maximum atomic E-state index is 12.2. The molecule has 0 radical (unpaired) electrons. The van der Waals surface area contributed by atoms with Gasteiger partial charge in [0.05, 0.1) is 17.6 Å². The first-order valence-electron chi connectivity index (χ1n) is 7.25. The van der Waals surface area contributed by atoms with Crippen LogP contribution in [0, 0.1) is 0 Å². The molecule has 1 N–H and O–H groups in total. The van der Waals surface area contributed by atoms with E-state index in [4.69, 9.17) is 0 Å². The van der Waals surface area contributed by atoms with Crippen LogP contribution >= 0.6 is 15.9 Å². The van der Waals surface area contributed by atoms with Crippen molar-refractivity contribution in [2.45, 2.75) is 12.3 Å². The van der Waals surface area contributed by atoms with Crippen LogP contribution in [0.25, 0.3) is 5.69 Å². The molecule has 5 nitrogen and oxygen atoms in total. The van der Waals surface area contributed by atoms with Crippen molar-refractivity contribution in [3.05, 3.63) is 70.8 Å². The van der Waals surface area contributed by atoms with Gasteiger partial charge in [0.2, 0.25) is 5.91 Å². The standard InChI is InChI=1S/C17H13BrN4O/c18-12-5-3-11(4-6-12)14-8-15(23)21-17-16(14)20-10-22(17)13-2-1-7-19-9-13/h1-7,9-10,14H,8H2,(H,21,23). The lowest BCUT2D eigenvalue weighted by Crippen LogP contribution is -2.24. The Bertz CT molecular complexity index is 858. The van der Waals surface area contributed by atoms with Crippen molar-refractivity contribution in [1.29, 1.82) is 0 Å². The van der Waals surface area contributed by atoms with E-state index >= 15 is 0 Å². The topological polar surface area (TPSA) is 59.8 Å². The zero-order valence-electron chi connectivity index (χ0n) is 12.1. The third kappa shape index (κ3) is 2.55. The fourth-order valence-corrected chi connectivity index (χ4v) is 3.13. The molecule has 1 aliphatic heterocycles. The average molecular weight is 369 g/mol. The minimum Gasteiger partial charge on any atom is -0.310 e. The summed E-state index contributed by atoms with van der Waals surface area (Å²) in [6, 6.07) is 11.8. The number of anilines is 1. The normalized spacial score (nSPS) is 16.7. The molecule has 1 aromatic carbocycles. The van der Waals surface area contributed by atoms with Crippen molar-refractivity contribution in [2.24, 2.45) is 0 Å². The maximum absolute atomic E-state index is 12.2. The summed E-state index contributed by atoms with van der Waals surface area (Å²) >= 11 is 3.44. The smallest absolute Gasteiger partial charge is 0.226 e. The van der Waals surface area contributed by atoms with E-state index in [9.17, 15) is 4.79 Å². The molecular weight excluding hydrogens is 356 g/mol. The summed E-state index contributed by atoms with van der Waals surface area (Å²) in [7, 11) is 0. The van der Waals surface area contributed by atoms with Gasteiger partial charge < -0.3 is 5.32 Å². The Morgan fingerprint density at radius 3 is 2.78 bits per heavy atom. The molecule has 0 fully saturated rings. The van der Waals surface area contributed by atoms with Crippen molar-refractivity contribution in [1.82, 2.24) is 14.5 Å². The number of pyridine rings is 1. The van der Waals surface area contributed by atoms with E-state index in [2.05, 4.69) is 31.2 Å². The number of rotatable bonds is 2. The number of halogens is 1. The molecule has 0 saturated carbocycles. The maximum Gasteiger partial charge on any atom is 0.226 e. The molecule has 23 heavy (non-hydrogen) atoms. The number of carbonyl (C=O) groups excluding carboxylic acids is 1. The van der Waals surface area contributed by atoms with Crippen LogP contribution in [-0.2, 0) is 4.79 Å². The molecular formula is C17H13BrN4O. The van der Waals surface area contributed by atoms with Gasteiger partial charge in [-0.25, -0.2) is 4.98 Å². The number of aromatic nitrogens is 3. The van der Waals surface area contributed by atoms with E-state index in [-0.39, 0.29) is 11.8 Å². The number of hydrogen-bond acceptors (Lipinski definition) is 3. The zero-order valence-corrected chi connectivity index (χ0v) is 13.7. The van der Waals surface area contributed by atoms with E-state index < -0.39 is 0 Å². The summed E-state index contributed by atoms with van der Waals surface area (Å²) < 4.78 is 2.88. The van der Waals surface area contributed by atoms with Gasteiger partial charge in [-0.05, 0) is 29.8 Å². The van der Waals surface area contributed by atoms with Crippen molar-refractivity contribution in [3.8, 4) is 5.69 Å². The summed E-state index contributed by atoms with van der Waals surface area (Å²) in [6.07, 6.45) is 5.60. The second-order valence-corrected chi connectivity index (χ2v) is 6.33. The lowest BCUT2D eigenvalue weighted by atomic mass is 9.90. The second-order valence-electron chi connectivity index (χ2n) is 5.42. The fraction of sp³-hybridized carbons (Fsp3) is 0.118. The highest BCUT2D eigenvalue weighted by Crippen LogP contribution is 2.37. The Hall–Kier alpha value is -2.47. The molecule has 1 atom stereocenters. The number of nitrogens with zero attached hydrogens (tertiary/aromatic N) is 3. The minimum absolute atomic E-state index is 0.00365. The summed E-state index contributed by atoms with van der Waals surface area (Å²) in [5, 5.41) is 2.94. The van der Waals surface area contributed by atoms with Gasteiger partial charge in [-0.3, -0.25) is 14.3 Å². The number of nitrogens with one attached hydrogen (secondary N) is 1. The molecule has 1 unspecified atom stereocenters. The molecule has 1 aliphatic rings. The lowest BCUT2D eigenvalue weighted by Gasteiger charge is -2.23. The second kappa shape index (κ2) is 5.62. The van der Waals surface area contributed by atoms with Crippen LogP contribution in [0.1, 0.15) is 23.6 Å². The van der Waals surface area contributed by atoms with Gasteiger partial charge in [-0.15, -0.1) is 0 Å². The first-order chi connectivity index (χ1) is 11.2. The Kier molecular flexibility index (Phi) is 3.46. The van der Waals surface area contributed by atoms with Gasteiger partial charge in [0, 0.05) is 23.0 Å². The van der Waals surface area contributed by atoms with Crippen molar-refractivity contribution in [3.63, 3.8) is 0 Å². The zero-order chi connectivity index (χ0) is 15.8. The average Bonchev–Trinajstić information content (AvgIpc) is 2.99. The molecule has 0 saturated heterocycles. The van der Waals surface area contributed by atoms with Gasteiger partial charge in [-0.1, -0.05) is 28.1 Å². The number of benzene rings is 1. The minimum atomic E-state index is -0.0372. The van der Waals surface area contributed by atoms with Gasteiger partial charge in [-0.2, -0.15) is 0 Å². The SMILES string of the molecule is O=C1CC(c2ccc(Br)cc2)c2ncn(-c3cccnc3)c2N1. The third-order valence-corrected chi connectivity index (χ3v) is 4.50. The van der Waals surface area contributed by atoms with E-state index in [1.54, 1.807) is 18.7 Å². The highest BCUT2D eigenvalue weighted by atomic mass is 79.9. The van der Waals surface area contributed by atoms with Crippen molar-refractivity contribution >= 4 is 27.7 Å². The Morgan fingerprint density at radius 1 is 1.22 bits per heavy atom. The lowest BCUT2D eigenvalue weighted by molar-refractivity contribution is -0.116. The van der Waals surface area contributed by atoms with Gasteiger partial charge in [0.1, 0.15) is 12.1 Å². The van der Waals surface area contributed by atoms with E-state index in [0.29, 0.717) is 6.42 Å². The largest absolute Gasteiger partial charge is 0.310 e. The van der Waals surface area contributed by atoms with Crippen molar-refractivity contribution in [2.75, 3.05) is 5.32 Å². The first kappa shape index (κ1) is 14.1. The molecule has 0 aliphatic carbocycles. The molecule has 4 rings (SSSR count). The Morgan fingerprint density at radius 2 is 2.04 bits per heavy atom. The number of hydrogen-bond donors (Lipinski definition) is 1. The van der Waals surface area contributed by atoms with E-state index in [1.807, 2.05) is 41.0 Å². The van der Waals surface area contributed by atoms with Crippen LogP contribution in [0.2, 0.25) is 0 Å². The number of imidazole rings is 1. The van der Waals surface area contributed by atoms with Gasteiger partial charge in [0.25, 0.3) is 0 Å². The fourth-order valence-electron chi connectivity index (χ4n) is 2.87. The summed E-state index contributed by atoms with van der Waals surface area (Å²) in [4.78, 5) is 20.9. The molecule has 0 bridgehead atoms.